The molecular formula is C25H18N4O3. The van der Waals surface area contributed by atoms with Crippen molar-refractivity contribution in [2.75, 3.05) is 6.79 Å². The molecule has 0 fully saturated rings. The number of hydrogen-bond donors (Lipinski definition) is 1. The van der Waals surface area contributed by atoms with Crippen molar-refractivity contribution in [2.24, 2.45) is 5.10 Å². The topological polar surface area (TPSA) is 88.6 Å². The fourth-order valence-electron chi connectivity index (χ4n) is 3.72. The summed E-state index contributed by atoms with van der Waals surface area (Å²) in [5.41, 5.74) is 6.46. The Bertz CT molecular complexity index is 1400. The minimum atomic E-state index is -0.341. The molecule has 0 bridgehead atoms. The maximum Gasteiger partial charge on any atom is 0.271 e. The Kier molecular flexibility index (Phi) is 5.02. The van der Waals surface area contributed by atoms with Gasteiger partial charge in [0.15, 0.2) is 11.5 Å². The number of carbonyl (C=O) groups is 1. The molecule has 1 N–H and O–H groups in total. The van der Waals surface area contributed by atoms with Gasteiger partial charge in [-0.25, -0.2) is 5.43 Å². The lowest BCUT2D eigenvalue weighted by molar-refractivity contribution is 0.0954. The van der Waals surface area contributed by atoms with Gasteiger partial charge in [-0.2, -0.15) is 10.4 Å². The molecule has 1 aliphatic rings. The molecular weight excluding hydrogens is 404 g/mol. The number of ether oxygens (including phenoxy) is 2. The lowest BCUT2D eigenvalue weighted by Crippen LogP contribution is -2.17. The van der Waals surface area contributed by atoms with Crippen LogP contribution in [0.5, 0.6) is 11.5 Å². The van der Waals surface area contributed by atoms with Crippen LogP contribution in [0.2, 0.25) is 0 Å². The summed E-state index contributed by atoms with van der Waals surface area (Å²) >= 11 is 0. The van der Waals surface area contributed by atoms with E-state index in [0.29, 0.717) is 29.2 Å². The second kappa shape index (κ2) is 8.28. The fourth-order valence-corrected chi connectivity index (χ4v) is 3.72. The van der Waals surface area contributed by atoms with E-state index < -0.39 is 0 Å². The number of fused-ring (bicyclic) bond motifs is 2. The summed E-state index contributed by atoms with van der Waals surface area (Å²) in [5.74, 6) is 0.824. The number of carbonyl (C=O) groups excluding carboxylic acids is 1. The highest BCUT2D eigenvalue weighted by atomic mass is 16.7. The maximum atomic E-state index is 12.5. The van der Waals surface area contributed by atoms with Gasteiger partial charge < -0.3 is 14.0 Å². The van der Waals surface area contributed by atoms with Crippen LogP contribution in [-0.2, 0) is 6.54 Å². The van der Waals surface area contributed by atoms with Gasteiger partial charge in [0.1, 0.15) is 0 Å². The van der Waals surface area contributed by atoms with Gasteiger partial charge in [-0.1, -0.05) is 36.4 Å². The highest BCUT2D eigenvalue weighted by Crippen LogP contribution is 2.32. The van der Waals surface area contributed by atoms with Crippen molar-refractivity contribution in [3.8, 4) is 17.6 Å². The second-order valence-corrected chi connectivity index (χ2v) is 7.27. The largest absolute Gasteiger partial charge is 0.454 e. The summed E-state index contributed by atoms with van der Waals surface area (Å²) in [6.07, 6.45) is 3.59. The molecule has 1 aliphatic heterocycles. The van der Waals surface area contributed by atoms with E-state index in [9.17, 15) is 10.1 Å². The first-order valence-corrected chi connectivity index (χ1v) is 10.0. The average molecular weight is 422 g/mol. The number of nitrogens with one attached hydrogen (secondary N) is 1. The molecule has 0 saturated carbocycles. The molecule has 0 atom stereocenters. The van der Waals surface area contributed by atoms with Crippen LogP contribution in [0.25, 0.3) is 10.9 Å². The maximum absolute atomic E-state index is 12.5. The van der Waals surface area contributed by atoms with Crippen molar-refractivity contribution in [1.82, 2.24) is 9.99 Å². The molecule has 5 rings (SSSR count). The summed E-state index contributed by atoms with van der Waals surface area (Å²) in [7, 11) is 0. The van der Waals surface area contributed by atoms with Gasteiger partial charge in [0.2, 0.25) is 6.79 Å². The number of nitriles is 1. The minimum Gasteiger partial charge on any atom is -0.454 e. The molecule has 7 nitrogen and oxygen atoms in total. The van der Waals surface area contributed by atoms with Crippen molar-refractivity contribution in [3.63, 3.8) is 0 Å². The van der Waals surface area contributed by atoms with Crippen LogP contribution >= 0.6 is 0 Å². The number of aromatic nitrogens is 1. The summed E-state index contributed by atoms with van der Waals surface area (Å²) in [6, 6.07) is 22.7. The normalized spacial score (nSPS) is 12.2. The van der Waals surface area contributed by atoms with Gasteiger partial charge in [0, 0.05) is 34.8 Å². The SMILES string of the molecule is N#Cc1ccccc1Cn1cc(/C=N\NC(=O)c2ccc3c(c2)OCO3)c2ccccc21. The number of para-hydroxylation sites is 1. The first-order valence-electron chi connectivity index (χ1n) is 10.0. The highest BCUT2D eigenvalue weighted by Gasteiger charge is 2.16. The zero-order valence-electron chi connectivity index (χ0n) is 17.0. The molecule has 0 radical (unpaired) electrons. The van der Waals surface area contributed by atoms with E-state index >= 15 is 0 Å². The molecule has 32 heavy (non-hydrogen) atoms. The van der Waals surface area contributed by atoms with E-state index in [1.807, 2.05) is 54.7 Å². The van der Waals surface area contributed by atoms with E-state index in [4.69, 9.17) is 9.47 Å². The molecule has 1 amide bonds. The Morgan fingerprint density at radius 2 is 1.91 bits per heavy atom. The van der Waals surface area contributed by atoms with Gasteiger partial charge in [0.25, 0.3) is 5.91 Å². The first kappa shape index (κ1) is 19.4. The lowest BCUT2D eigenvalue weighted by atomic mass is 10.1. The zero-order chi connectivity index (χ0) is 21.9. The van der Waals surface area contributed by atoms with Gasteiger partial charge in [0.05, 0.1) is 17.8 Å². The van der Waals surface area contributed by atoms with Crippen LogP contribution in [0.4, 0.5) is 0 Å². The Hall–Kier alpha value is -4.57. The van der Waals surface area contributed by atoms with Crippen molar-refractivity contribution < 1.29 is 14.3 Å². The standard InChI is InChI=1S/C25H18N4O3/c26-12-18-5-1-2-6-19(18)14-29-15-20(21-7-3-4-8-22(21)29)13-27-28-25(30)17-9-10-23-24(11-17)32-16-31-23/h1-11,13,15H,14,16H2,(H,28,30)/b27-13-. The number of hydrazone groups is 1. The number of amides is 1. The third kappa shape index (κ3) is 3.66. The molecule has 2 heterocycles. The van der Waals surface area contributed by atoms with E-state index in [1.165, 1.54) is 0 Å². The number of rotatable bonds is 5. The zero-order valence-corrected chi connectivity index (χ0v) is 17.0. The monoisotopic (exact) mass is 422 g/mol. The minimum absolute atomic E-state index is 0.154. The van der Waals surface area contributed by atoms with Gasteiger partial charge >= 0.3 is 0 Å². The molecule has 7 heteroatoms. The summed E-state index contributed by atoms with van der Waals surface area (Å²) in [4.78, 5) is 12.5. The van der Waals surface area contributed by atoms with Crippen LogP contribution < -0.4 is 14.9 Å². The number of hydrogen-bond acceptors (Lipinski definition) is 5. The third-order valence-electron chi connectivity index (χ3n) is 5.30. The Morgan fingerprint density at radius 1 is 1.09 bits per heavy atom. The van der Waals surface area contributed by atoms with E-state index in [0.717, 1.165) is 22.0 Å². The van der Waals surface area contributed by atoms with Gasteiger partial charge in [-0.15, -0.1) is 0 Å². The lowest BCUT2D eigenvalue weighted by Gasteiger charge is -2.07. The van der Waals surface area contributed by atoms with Gasteiger partial charge in [-0.05, 0) is 35.9 Å². The predicted molar refractivity (Wildman–Crippen MR) is 120 cm³/mol. The fraction of sp³-hybridized carbons (Fsp3) is 0.0800. The van der Waals surface area contributed by atoms with E-state index in [2.05, 4.69) is 21.2 Å². The Morgan fingerprint density at radius 3 is 2.81 bits per heavy atom. The molecule has 156 valence electrons. The molecule has 4 aromatic rings. The van der Waals surface area contributed by atoms with Crippen LogP contribution in [0.1, 0.15) is 27.0 Å². The highest BCUT2D eigenvalue weighted by molar-refractivity contribution is 6.00. The smallest absolute Gasteiger partial charge is 0.271 e. The van der Waals surface area contributed by atoms with Crippen molar-refractivity contribution in [3.05, 3.63) is 95.2 Å². The summed E-state index contributed by atoms with van der Waals surface area (Å²) < 4.78 is 12.7. The molecule has 0 saturated heterocycles. The first-order chi connectivity index (χ1) is 15.7. The Labute approximate surface area is 184 Å². The number of nitrogens with zero attached hydrogens (tertiary/aromatic N) is 3. The third-order valence-corrected chi connectivity index (χ3v) is 5.30. The van der Waals surface area contributed by atoms with Crippen LogP contribution in [0.15, 0.2) is 78.0 Å². The molecule has 1 aromatic heterocycles. The second-order valence-electron chi connectivity index (χ2n) is 7.27. The quantitative estimate of drug-likeness (QED) is 0.388. The van der Waals surface area contributed by atoms with E-state index in [1.54, 1.807) is 24.4 Å². The predicted octanol–water partition coefficient (Wildman–Crippen LogP) is 4.05. The van der Waals surface area contributed by atoms with Crippen LogP contribution in [0, 0.1) is 11.3 Å². The van der Waals surface area contributed by atoms with Crippen molar-refractivity contribution >= 4 is 23.0 Å². The van der Waals surface area contributed by atoms with Crippen LogP contribution in [-0.4, -0.2) is 23.5 Å². The Balaban J connectivity index is 1.38. The van der Waals surface area contributed by atoms with Crippen molar-refractivity contribution in [2.45, 2.75) is 6.54 Å². The van der Waals surface area contributed by atoms with E-state index in [-0.39, 0.29) is 12.7 Å². The van der Waals surface area contributed by atoms with Crippen LogP contribution in [0.3, 0.4) is 0 Å². The number of benzene rings is 3. The molecule has 0 unspecified atom stereocenters. The van der Waals surface area contributed by atoms with Crippen molar-refractivity contribution in [1.29, 1.82) is 5.26 Å². The molecule has 0 spiro atoms. The van der Waals surface area contributed by atoms with Gasteiger partial charge in [-0.3, -0.25) is 4.79 Å². The molecule has 3 aromatic carbocycles. The summed E-state index contributed by atoms with van der Waals surface area (Å²) in [6.45, 7) is 0.711. The summed E-state index contributed by atoms with van der Waals surface area (Å²) in [5, 5.41) is 14.5. The average Bonchev–Trinajstić information content (AvgIpc) is 3.44. The molecule has 0 aliphatic carbocycles.